The molecule has 5 nitrogen and oxygen atoms in total. The third kappa shape index (κ3) is 4.56. The SMILES string of the molecule is N#C/C(=N\O)C(=O)[O-].[K+]. The molecule has 0 aliphatic carbocycles. The minimum absolute atomic E-state index is 0. The van der Waals surface area contributed by atoms with Crippen molar-refractivity contribution >= 4 is 11.7 Å². The van der Waals surface area contributed by atoms with Gasteiger partial charge in [0.05, 0.1) is 0 Å². The van der Waals surface area contributed by atoms with Gasteiger partial charge >= 0.3 is 51.4 Å². The molecule has 0 aromatic rings. The first kappa shape index (κ1) is 11.8. The molecule has 0 spiro atoms. The Bertz CT molecular complexity index is 170. The second-order valence-electron chi connectivity index (χ2n) is 0.848. The Hall–Kier alpha value is 0.0664. The summed E-state index contributed by atoms with van der Waals surface area (Å²) >= 11 is 0. The first-order chi connectivity index (χ1) is 3.72. The van der Waals surface area contributed by atoms with Gasteiger partial charge in [-0.15, -0.1) is 0 Å². The number of nitrogens with zero attached hydrogens (tertiary/aromatic N) is 2. The van der Waals surface area contributed by atoms with E-state index in [1.165, 1.54) is 0 Å². The molecule has 0 atom stereocenters. The van der Waals surface area contributed by atoms with Gasteiger partial charge < -0.3 is 15.1 Å². The van der Waals surface area contributed by atoms with Crippen molar-refractivity contribution in [2.24, 2.45) is 5.16 Å². The molecule has 42 valence electrons. The van der Waals surface area contributed by atoms with E-state index in [-0.39, 0.29) is 51.4 Å². The molecule has 0 aliphatic rings. The van der Waals surface area contributed by atoms with Crippen LogP contribution in [0.3, 0.4) is 0 Å². The molecule has 0 heterocycles. The third-order valence-electron chi connectivity index (χ3n) is 0.399. The zero-order valence-electron chi connectivity index (χ0n) is 4.66. The van der Waals surface area contributed by atoms with Gasteiger partial charge in [-0.05, 0) is 0 Å². The predicted molar refractivity (Wildman–Crippen MR) is 19.8 cm³/mol. The summed E-state index contributed by atoms with van der Waals surface area (Å²) in [4.78, 5) is 9.54. The molecule has 0 unspecified atom stereocenters. The molecule has 0 radical (unpaired) electrons. The molecule has 0 rings (SSSR count). The Morgan fingerprint density at radius 1 is 1.78 bits per heavy atom. The number of oxime groups is 1. The van der Waals surface area contributed by atoms with E-state index in [1.807, 2.05) is 0 Å². The van der Waals surface area contributed by atoms with E-state index in [2.05, 4.69) is 5.16 Å². The van der Waals surface area contributed by atoms with Crippen LogP contribution in [0.15, 0.2) is 5.16 Å². The maximum absolute atomic E-state index is 9.54. The quantitative estimate of drug-likeness (QED) is 0.176. The summed E-state index contributed by atoms with van der Waals surface area (Å²) in [5.41, 5.74) is -1.02. The van der Waals surface area contributed by atoms with E-state index >= 15 is 0 Å². The van der Waals surface area contributed by atoms with Gasteiger partial charge in [-0.3, -0.25) is 0 Å². The summed E-state index contributed by atoms with van der Waals surface area (Å²) in [6, 6.07) is 1.09. The molecular formula is C3HKN2O3. The minimum Gasteiger partial charge on any atom is -0.542 e. The fourth-order valence-electron chi connectivity index (χ4n) is 0.109. The van der Waals surface area contributed by atoms with Crippen molar-refractivity contribution in [3.05, 3.63) is 0 Å². The monoisotopic (exact) mass is 152 g/mol. The van der Waals surface area contributed by atoms with E-state index in [0.717, 1.165) is 6.07 Å². The van der Waals surface area contributed by atoms with Crippen LogP contribution in [0.2, 0.25) is 0 Å². The summed E-state index contributed by atoms with van der Waals surface area (Å²) < 4.78 is 0. The smallest absolute Gasteiger partial charge is 0.542 e. The second kappa shape index (κ2) is 6.19. The second-order valence-corrected chi connectivity index (χ2v) is 0.848. The Kier molecular flexibility index (Phi) is 8.13. The Morgan fingerprint density at radius 3 is 2.22 bits per heavy atom. The van der Waals surface area contributed by atoms with Crippen LogP contribution in [-0.2, 0) is 4.79 Å². The number of carboxylic acids is 1. The Labute approximate surface area is 93.4 Å². The van der Waals surface area contributed by atoms with Crippen LogP contribution in [0.5, 0.6) is 0 Å². The van der Waals surface area contributed by atoms with Crippen molar-refractivity contribution in [1.82, 2.24) is 0 Å². The number of aliphatic carboxylic acids is 1. The van der Waals surface area contributed by atoms with Gasteiger partial charge in [-0.25, -0.2) is 0 Å². The molecular weight excluding hydrogens is 151 g/mol. The maximum Gasteiger partial charge on any atom is 1.00 e. The maximum atomic E-state index is 9.54. The largest absolute Gasteiger partial charge is 1.00 e. The van der Waals surface area contributed by atoms with E-state index in [9.17, 15) is 9.90 Å². The number of rotatable bonds is 1. The molecule has 0 aromatic heterocycles. The molecule has 0 amide bonds. The number of carbonyl (C=O) groups is 1. The molecule has 0 saturated heterocycles. The normalized spacial score (nSPS) is 9.00. The van der Waals surface area contributed by atoms with Gasteiger partial charge in [0.15, 0.2) is 0 Å². The van der Waals surface area contributed by atoms with Gasteiger partial charge in [-0.2, -0.15) is 5.26 Å². The number of nitriles is 1. The topological polar surface area (TPSA) is 96.5 Å². The van der Waals surface area contributed by atoms with Gasteiger partial charge in [0.2, 0.25) is 5.71 Å². The van der Waals surface area contributed by atoms with Crippen LogP contribution in [0.1, 0.15) is 0 Å². The molecule has 0 bridgehead atoms. The van der Waals surface area contributed by atoms with Crippen LogP contribution in [0.25, 0.3) is 0 Å². The van der Waals surface area contributed by atoms with E-state index in [1.54, 1.807) is 0 Å². The minimum atomic E-state index is -1.78. The average Bonchev–Trinajstić information content (AvgIpc) is 1.69. The number of hydrogen-bond donors (Lipinski definition) is 1. The first-order valence-electron chi connectivity index (χ1n) is 1.56. The van der Waals surface area contributed by atoms with E-state index in [4.69, 9.17) is 10.5 Å². The zero-order valence-corrected chi connectivity index (χ0v) is 7.78. The summed E-state index contributed by atoms with van der Waals surface area (Å²) in [5, 5.41) is 27.0. The summed E-state index contributed by atoms with van der Waals surface area (Å²) in [6.07, 6.45) is 0. The fraction of sp³-hybridized carbons (Fsp3) is 0. The van der Waals surface area contributed by atoms with Crippen LogP contribution in [-0.4, -0.2) is 16.9 Å². The molecule has 0 aromatic carbocycles. The van der Waals surface area contributed by atoms with Gasteiger partial charge in [0.25, 0.3) is 0 Å². The fourth-order valence-corrected chi connectivity index (χ4v) is 0.109. The van der Waals surface area contributed by atoms with Crippen molar-refractivity contribution in [2.75, 3.05) is 0 Å². The Balaban J connectivity index is 0. The predicted octanol–water partition coefficient (Wildman–Crippen LogP) is -4.91. The van der Waals surface area contributed by atoms with Crippen molar-refractivity contribution in [3.63, 3.8) is 0 Å². The summed E-state index contributed by atoms with van der Waals surface area (Å²) in [6.45, 7) is 0. The number of carbonyl (C=O) groups excluding carboxylic acids is 1. The first-order valence-corrected chi connectivity index (χ1v) is 1.56. The number of hydrogen-bond acceptors (Lipinski definition) is 5. The molecule has 9 heavy (non-hydrogen) atoms. The van der Waals surface area contributed by atoms with Crippen LogP contribution < -0.4 is 56.5 Å². The summed E-state index contributed by atoms with van der Waals surface area (Å²) in [5.74, 6) is -1.78. The average molecular weight is 152 g/mol. The Morgan fingerprint density at radius 2 is 2.22 bits per heavy atom. The van der Waals surface area contributed by atoms with Crippen molar-refractivity contribution in [3.8, 4) is 6.07 Å². The summed E-state index contributed by atoms with van der Waals surface area (Å²) in [7, 11) is 0. The molecule has 6 heteroatoms. The van der Waals surface area contributed by atoms with Crippen LogP contribution in [0, 0.1) is 11.3 Å². The van der Waals surface area contributed by atoms with Gasteiger partial charge in [0, 0.05) is 0 Å². The zero-order chi connectivity index (χ0) is 6.57. The third-order valence-corrected chi connectivity index (χ3v) is 0.399. The molecule has 1 N–H and O–H groups in total. The molecule has 0 aliphatic heterocycles. The van der Waals surface area contributed by atoms with Crippen LogP contribution in [0.4, 0.5) is 0 Å². The van der Waals surface area contributed by atoms with Crippen LogP contribution >= 0.6 is 0 Å². The molecule has 0 saturated carbocycles. The van der Waals surface area contributed by atoms with Crippen molar-refractivity contribution in [2.45, 2.75) is 0 Å². The standard InChI is InChI=1S/C3H2N2O3.K/c4-1-2(5-8)3(6)7;/h8H,(H,6,7);/q;+1/p-1/b5-2+;. The van der Waals surface area contributed by atoms with Crippen molar-refractivity contribution < 1.29 is 66.5 Å². The van der Waals surface area contributed by atoms with E-state index < -0.39 is 11.7 Å². The van der Waals surface area contributed by atoms with Gasteiger partial charge in [-0.1, -0.05) is 5.16 Å². The molecule has 0 fully saturated rings. The van der Waals surface area contributed by atoms with Gasteiger partial charge in [0.1, 0.15) is 12.0 Å². The van der Waals surface area contributed by atoms with E-state index in [0.29, 0.717) is 0 Å². The number of carboxylic acid groups (broad SMARTS) is 1. The van der Waals surface area contributed by atoms with Crippen molar-refractivity contribution in [1.29, 1.82) is 5.26 Å².